The van der Waals surface area contributed by atoms with Crippen LogP contribution in [0.3, 0.4) is 0 Å². The number of rotatable bonds is 5. The molecule has 0 aliphatic heterocycles. The quantitative estimate of drug-likeness (QED) is 0.845. The van der Waals surface area contributed by atoms with Gasteiger partial charge in [0.25, 0.3) is 5.91 Å². The number of nitrogens with zero attached hydrogens (tertiary/aromatic N) is 1. The summed E-state index contributed by atoms with van der Waals surface area (Å²) < 4.78 is 0. The van der Waals surface area contributed by atoms with Crippen LogP contribution in [0.1, 0.15) is 51.3 Å². The molecular weight excluding hydrogens is 312 g/mol. The molecule has 2 atom stereocenters. The van der Waals surface area contributed by atoms with Crippen molar-refractivity contribution >= 4 is 11.7 Å². The summed E-state index contributed by atoms with van der Waals surface area (Å²) in [6.07, 6.45) is 0. The molecule has 0 heterocycles. The number of ketones is 1. The standard InChI is InChI=1S/C21H22N2O2/c1-13-6-5-7-14(2)19(13)21(25)23-16(4)15(3)20(24)18-10-8-17(12-22)9-11-18/h5-11,15-16H,1-4H3,(H,23,25). The van der Waals surface area contributed by atoms with Gasteiger partial charge >= 0.3 is 0 Å². The second-order valence-electron chi connectivity index (χ2n) is 6.37. The van der Waals surface area contributed by atoms with Gasteiger partial charge in [0.05, 0.1) is 11.6 Å². The predicted molar refractivity (Wildman–Crippen MR) is 97.5 cm³/mol. The number of carbonyl (C=O) groups excluding carboxylic acids is 2. The molecule has 0 bridgehead atoms. The molecule has 2 aromatic carbocycles. The number of carbonyl (C=O) groups is 2. The average Bonchev–Trinajstić information content (AvgIpc) is 2.60. The Balaban J connectivity index is 2.11. The van der Waals surface area contributed by atoms with E-state index in [-0.39, 0.29) is 23.7 Å². The van der Waals surface area contributed by atoms with Gasteiger partial charge < -0.3 is 5.32 Å². The number of amides is 1. The van der Waals surface area contributed by atoms with E-state index in [2.05, 4.69) is 5.32 Å². The van der Waals surface area contributed by atoms with Crippen LogP contribution in [0.5, 0.6) is 0 Å². The first kappa shape index (κ1) is 18.4. The monoisotopic (exact) mass is 334 g/mol. The van der Waals surface area contributed by atoms with E-state index in [1.54, 1.807) is 31.2 Å². The lowest BCUT2D eigenvalue weighted by Gasteiger charge is -2.21. The van der Waals surface area contributed by atoms with E-state index in [4.69, 9.17) is 5.26 Å². The smallest absolute Gasteiger partial charge is 0.252 e. The van der Waals surface area contributed by atoms with Crippen molar-refractivity contribution in [3.05, 3.63) is 70.3 Å². The molecular formula is C21H22N2O2. The molecule has 1 amide bonds. The number of Topliss-reactive ketones (excluding diaryl/α,β-unsaturated/α-hetero) is 1. The Bertz CT molecular complexity index is 812. The van der Waals surface area contributed by atoms with Gasteiger partial charge in [-0.15, -0.1) is 0 Å². The molecule has 25 heavy (non-hydrogen) atoms. The van der Waals surface area contributed by atoms with Crippen molar-refractivity contribution < 1.29 is 9.59 Å². The Kier molecular flexibility index (Phi) is 5.71. The highest BCUT2D eigenvalue weighted by Gasteiger charge is 2.24. The molecule has 0 aliphatic rings. The fraction of sp³-hybridized carbons (Fsp3) is 0.286. The summed E-state index contributed by atoms with van der Waals surface area (Å²) in [5.74, 6) is -0.595. The highest BCUT2D eigenvalue weighted by atomic mass is 16.2. The number of benzene rings is 2. The molecule has 0 saturated carbocycles. The van der Waals surface area contributed by atoms with Gasteiger partial charge in [-0.25, -0.2) is 0 Å². The number of hydrogen-bond acceptors (Lipinski definition) is 3. The number of nitriles is 1. The van der Waals surface area contributed by atoms with Crippen LogP contribution in [0.25, 0.3) is 0 Å². The molecule has 2 unspecified atom stereocenters. The summed E-state index contributed by atoms with van der Waals surface area (Å²) in [5, 5.41) is 11.8. The van der Waals surface area contributed by atoms with Crippen LogP contribution in [-0.2, 0) is 0 Å². The maximum absolute atomic E-state index is 12.6. The fourth-order valence-corrected chi connectivity index (χ4v) is 2.78. The first-order chi connectivity index (χ1) is 11.8. The third-order valence-corrected chi connectivity index (χ3v) is 4.53. The lowest BCUT2D eigenvalue weighted by atomic mass is 9.92. The first-order valence-electron chi connectivity index (χ1n) is 8.26. The van der Waals surface area contributed by atoms with E-state index in [0.717, 1.165) is 11.1 Å². The van der Waals surface area contributed by atoms with Gasteiger partial charge in [-0.05, 0) is 44.0 Å². The highest BCUT2D eigenvalue weighted by molar-refractivity contribution is 6.00. The molecule has 0 saturated heterocycles. The predicted octanol–water partition coefficient (Wildman–Crippen LogP) is 3.81. The van der Waals surface area contributed by atoms with Crippen molar-refractivity contribution in [1.82, 2.24) is 5.32 Å². The second-order valence-corrected chi connectivity index (χ2v) is 6.37. The largest absolute Gasteiger partial charge is 0.349 e. The van der Waals surface area contributed by atoms with E-state index in [1.165, 1.54) is 0 Å². The van der Waals surface area contributed by atoms with Crippen LogP contribution in [0.2, 0.25) is 0 Å². The zero-order chi connectivity index (χ0) is 18.6. The first-order valence-corrected chi connectivity index (χ1v) is 8.26. The molecule has 4 nitrogen and oxygen atoms in total. The summed E-state index contributed by atoms with van der Waals surface area (Å²) >= 11 is 0. The van der Waals surface area contributed by atoms with Crippen molar-refractivity contribution in [3.63, 3.8) is 0 Å². The van der Waals surface area contributed by atoms with Crippen LogP contribution in [0.4, 0.5) is 0 Å². The van der Waals surface area contributed by atoms with Gasteiger partial charge in [-0.3, -0.25) is 9.59 Å². The maximum atomic E-state index is 12.6. The van der Waals surface area contributed by atoms with Gasteiger partial charge in [-0.2, -0.15) is 5.26 Å². The van der Waals surface area contributed by atoms with Crippen molar-refractivity contribution in [3.8, 4) is 6.07 Å². The molecule has 0 aromatic heterocycles. The topological polar surface area (TPSA) is 70.0 Å². The van der Waals surface area contributed by atoms with Gasteiger partial charge in [0.15, 0.2) is 5.78 Å². The molecule has 2 rings (SSSR count). The van der Waals surface area contributed by atoms with Gasteiger partial charge in [0, 0.05) is 23.1 Å². The normalized spacial score (nSPS) is 12.8. The fourth-order valence-electron chi connectivity index (χ4n) is 2.78. The SMILES string of the molecule is Cc1cccc(C)c1C(=O)NC(C)C(C)C(=O)c1ccc(C#N)cc1. The van der Waals surface area contributed by atoms with Crippen LogP contribution < -0.4 is 5.32 Å². The van der Waals surface area contributed by atoms with E-state index < -0.39 is 0 Å². The Morgan fingerprint density at radius 2 is 1.56 bits per heavy atom. The van der Waals surface area contributed by atoms with Gasteiger partial charge in [0.2, 0.25) is 0 Å². The summed E-state index contributed by atoms with van der Waals surface area (Å²) in [4.78, 5) is 25.2. The Morgan fingerprint density at radius 1 is 1.00 bits per heavy atom. The van der Waals surface area contributed by atoms with E-state index in [1.807, 2.05) is 45.0 Å². The maximum Gasteiger partial charge on any atom is 0.252 e. The van der Waals surface area contributed by atoms with Gasteiger partial charge in [-0.1, -0.05) is 37.3 Å². The molecule has 4 heteroatoms. The summed E-state index contributed by atoms with van der Waals surface area (Å²) in [6, 6.07) is 14.0. The summed E-state index contributed by atoms with van der Waals surface area (Å²) in [7, 11) is 0. The number of hydrogen-bond donors (Lipinski definition) is 1. The van der Waals surface area contributed by atoms with Crippen molar-refractivity contribution in [2.45, 2.75) is 33.7 Å². The lowest BCUT2D eigenvalue weighted by molar-refractivity contribution is 0.0868. The van der Waals surface area contributed by atoms with Crippen molar-refractivity contribution in [2.75, 3.05) is 0 Å². The van der Waals surface area contributed by atoms with Crippen molar-refractivity contribution in [1.29, 1.82) is 5.26 Å². The minimum atomic E-state index is -0.374. The molecule has 0 aliphatic carbocycles. The molecule has 0 spiro atoms. The number of nitrogens with one attached hydrogen (secondary N) is 1. The molecule has 0 radical (unpaired) electrons. The van der Waals surface area contributed by atoms with Crippen LogP contribution in [0.15, 0.2) is 42.5 Å². The minimum absolute atomic E-state index is 0.0567. The Morgan fingerprint density at radius 3 is 2.08 bits per heavy atom. The van der Waals surface area contributed by atoms with Crippen LogP contribution in [-0.4, -0.2) is 17.7 Å². The van der Waals surface area contributed by atoms with Gasteiger partial charge in [0.1, 0.15) is 0 Å². The molecule has 128 valence electrons. The molecule has 1 N–H and O–H groups in total. The number of aryl methyl sites for hydroxylation is 2. The lowest BCUT2D eigenvalue weighted by Crippen LogP contribution is -2.40. The average molecular weight is 334 g/mol. The Hall–Kier alpha value is -2.93. The summed E-state index contributed by atoms with van der Waals surface area (Å²) in [5.41, 5.74) is 3.54. The van der Waals surface area contributed by atoms with E-state index in [9.17, 15) is 9.59 Å². The highest BCUT2D eigenvalue weighted by Crippen LogP contribution is 2.16. The molecule has 2 aromatic rings. The third-order valence-electron chi connectivity index (χ3n) is 4.53. The second kappa shape index (κ2) is 7.76. The van der Waals surface area contributed by atoms with E-state index in [0.29, 0.717) is 16.7 Å². The van der Waals surface area contributed by atoms with E-state index >= 15 is 0 Å². The minimum Gasteiger partial charge on any atom is -0.349 e. The summed E-state index contributed by atoms with van der Waals surface area (Å²) in [6.45, 7) is 7.43. The Labute approximate surface area is 148 Å². The zero-order valence-corrected chi connectivity index (χ0v) is 15.0. The van der Waals surface area contributed by atoms with Crippen molar-refractivity contribution in [2.24, 2.45) is 5.92 Å². The van der Waals surface area contributed by atoms with Crippen LogP contribution >= 0.6 is 0 Å². The zero-order valence-electron chi connectivity index (χ0n) is 15.0. The van der Waals surface area contributed by atoms with Crippen LogP contribution in [0, 0.1) is 31.1 Å². The molecule has 0 fully saturated rings. The third kappa shape index (κ3) is 4.13.